The van der Waals surface area contributed by atoms with Crippen molar-refractivity contribution in [2.24, 2.45) is 11.8 Å². The zero-order valence-corrected chi connectivity index (χ0v) is 11.6. The highest BCUT2D eigenvalue weighted by atomic mass is 19.1. The second-order valence-electron chi connectivity index (χ2n) is 5.82. The Morgan fingerprint density at radius 2 is 2.06 bits per heavy atom. The van der Waals surface area contributed by atoms with Gasteiger partial charge in [0, 0.05) is 12.1 Å². The lowest BCUT2D eigenvalue weighted by atomic mass is 9.77. The normalized spacial score (nSPS) is 30.1. The fourth-order valence-corrected chi connectivity index (χ4v) is 3.01. The zero-order chi connectivity index (χ0) is 13.1. The van der Waals surface area contributed by atoms with Crippen molar-refractivity contribution in [3.8, 4) is 0 Å². The molecule has 0 heterocycles. The summed E-state index contributed by atoms with van der Waals surface area (Å²) in [4.78, 5) is 0. The molecule has 1 N–H and O–H groups in total. The molecule has 4 unspecified atom stereocenters. The molecule has 0 saturated heterocycles. The molecule has 2 rings (SSSR count). The van der Waals surface area contributed by atoms with Gasteiger partial charge in [0.25, 0.3) is 0 Å². The van der Waals surface area contributed by atoms with Crippen LogP contribution < -0.4 is 5.32 Å². The molecule has 0 amide bonds. The molecule has 0 radical (unpaired) electrons. The van der Waals surface area contributed by atoms with Crippen molar-refractivity contribution in [1.82, 2.24) is 5.32 Å². The highest BCUT2D eigenvalue weighted by Crippen LogP contribution is 2.31. The van der Waals surface area contributed by atoms with E-state index < -0.39 is 0 Å². The fourth-order valence-electron chi connectivity index (χ4n) is 3.01. The van der Waals surface area contributed by atoms with Crippen LogP contribution in [0.25, 0.3) is 0 Å². The Morgan fingerprint density at radius 3 is 2.78 bits per heavy atom. The summed E-state index contributed by atoms with van der Waals surface area (Å²) in [6.07, 6.45) is 3.89. The maximum atomic E-state index is 13.2. The molecule has 1 saturated carbocycles. The summed E-state index contributed by atoms with van der Waals surface area (Å²) >= 11 is 0. The predicted molar refractivity (Wildman–Crippen MR) is 73.9 cm³/mol. The Morgan fingerprint density at radius 1 is 1.28 bits per heavy atom. The first kappa shape index (κ1) is 13.5. The van der Waals surface area contributed by atoms with Crippen molar-refractivity contribution in [1.29, 1.82) is 0 Å². The lowest BCUT2D eigenvalue weighted by Crippen LogP contribution is -2.41. The molecule has 1 fully saturated rings. The van der Waals surface area contributed by atoms with Crippen molar-refractivity contribution in [3.05, 3.63) is 35.6 Å². The average Bonchev–Trinajstić information content (AvgIpc) is 2.35. The van der Waals surface area contributed by atoms with Crippen molar-refractivity contribution in [2.45, 2.75) is 52.1 Å². The lowest BCUT2D eigenvalue weighted by molar-refractivity contribution is 0.196. The maximum absolute atomic E-state index is 13.2. The topological polar surface area (TPSA) is 12.0 Å². The van der Waals surface area contributed by atoms with Crippen molar-refractivity contribution in [3.63, 3.8) is 0 Å². The number of hydrogen-bond donors (Lipinski definition) is 1. The van der Waals surface area contributed by atoms with Crippen LogP contribution in [0.4, 0.5) is 4.39 Å². The molecule has 1 nitrogen and oxygen atoms in total. The molecule has 0 bridgehead atoms. The number of halogens is 1. The minimum absolute atomic E-state index is 0.147. The van der Waals surface area contributed by atoms with Crippen molar-refractivity contribution >= 4 is 0 Å². The molecule has 0 aliphatic heterocycles. The maximum Gasteiger partial charge on any atom is 0.123 e. The van der Waals surface area contributed by atoms with Gasteiger partial charge in [-0.15, -0.1) is 0 Å². The van der Waals surface area contributed by atoms with Gasteiger partial charge >= 0.3 is 0 Å². The molecular formula is C16H24FN. The SMILES string of the molecule is CC(NC1CCCC(C)C1C)c1cccc(F)c1. The molecule has 1 aromatic rings. The molecule has 4 atom stereocenters. The van der Waals surface area contributed by atoms with Crippen molar-refractivity contribution < 1.29 is 4.39 Å². The van der Waals surface area contributed by atoms with Crippen LogP contribution in [-0.4, -0.2) is 6.04 Å². The van der Waals surface area contributed by atoms with E-state index in [-0.39, 0.29) is 11.9 Å². The van der Waals surface area contributed by atoms with E-state index in [0.717, 1.165) is 11.5 Å². The number of benzene rings is 1. The van der Waals surface area contributed by atoms with E-state index in [2.05, 4.69) is 26.1 Å². The van der Waals surface area contributed by atoms with Crippen LogP contribution in [0.1, 0.15) is 51.6 Å². The molecule has 100 valence electrons. The van der Waals surface area contributed by atoms with E-state index >= 15 is 0 Å². The molecular weight excluding hydrogens is 225 g/mol. The summed E-state index contributed by atoms with van der Waals surface area (Å²) in [6.45, 7) is 6.80. The van der Waals surface area contributed by atoms with Gasteiger partial charge in [0.2, 0.25) is 0 Å². The standard InChI is InChI=1S/C16H24FN/c1-11-6-4-9-16(12(11)2)18-13(3)14-7-5-8-15(17)10-14/h5,7-8,10-13,16,18H,4,6,9H2,1-3H3. The summed E-state index contributed by atoms with van der Waals surface area (Å²) in [6, 6.07) is 7.70. The predicted octanol–water partition coefficient (Wildman–Crippen LogP) is 4.30. The second kappa shape index (κ2) is 5.83. The summed E-state index contributed by atoms with van der Waals surface area (Å²) in [5, 5.41) is 3.68. The molecule has 0 spiro atoms. The largest absolute Gasteiger partial charge is 0.307 e. The van der Waals surface area contributed by atoms with E-state index in [4.69, 9.17) is 0 Å². The first-order chi connectivity index (χ1) is 8.58. The van der Waals surface area contributed by atoms with Gasteiger partial charge in [-0.3, -0.25) is 0 Å². The first-order valence-corrected chi connectivity index (χ1v) is 7.09. The third kappa shape index (κ3) is 3.11. The van der Waals surface area contributed by atoms with Crippen LogP contribution in [0.2, 0.25) is 0 Å². The lowest BCUT2D eigenvalue weighted by Gasteiger charge is -2.36. The molecule has 2 heteroatoms. The third-order valence-electron chi connectivity index (χ3n) is 4.52. The van der Waals surface area contributed by atoms with Crippen LogP contribution in [-0.2, 0) is 0 Å². The zero-order valence-electron chi connectivity index (χ0n) is 11.6. The Kier molecular flexibility index (Phi) is 4.39. The minimum atomic E-state index is -0.147. The van der Waals surface area contributed by atoms with Crippen LogP contribution in [0, 0.1) is 17.7 Å². The summed E-state index contributed by atoms with van der Waals surface area (Å²) in [7, 11) is 0. The van der Waals surface area contributed by atoms with Gasteiger partial charge in [0.1, 0.15) is 5.82 Å². The molecule has 0 aromatic heterocycles. The second-order valence-corrected chi connectivity index (χ2v) is 5.82. The van der Waals surface area contributed by atoms with Gasteiger partial charge in [-0.1, -0.05) is 38.8 Å². The van der Waals surface area contributed by atoms with Gasteiger partial charge < -0.3 is 5.32 Å². The molecule has 18 heavy (non-hydrogen) atoms. The van der Waals surface area contributed by atoms with E-state index in [9.17, 15) is 4.39 Å². The number of nitrogens with one attached hydrogen (secondary N) is 1. The summed E-state index contributed by atoms with van der Waals surface area (Å²) in [5.41, 5.74) is 1.04. The molecule has 1 aliphatic carbocycles. The van der Waals surface area contributed by atoms with Gasteiger partial charge in [0.05, 0.1) is 0 Å². The van der Waals surface area contributed by atoms with Crippen LogP contribution in [0.5, 0.6) is 0 Å². The first-order valence-electron chi connectivity index (χ1n) is 7.09. The molecule has 1 aromatic carbocycles. The van der Waals surface area contributed by atoms with E-state index in [1.165, 1.54) is 25.3 Å². The quantitative estimate of drug-likeness (QED) is 0.842. The Labute approximate surface area is 110 Å². The Hall–Kier alpha value is -0.890. The van der Waals surface area contributed by atoms with Crippen LogP contribution in [0.3, 0.4) is 0 Å². The highest BCUT2D eigenvalue weighted by molar-refractivity contribution is 5.19. The Bertz CT molecular complexity index is 390. The monoisotopic (exact) mass is 249 g/mol. The third-order valence-corrected chi connectivity index (χ3v) is 4.52. The van der Waals surface area contributed by atoms with Gasteiger partial charge in [0.15, 0.2) is 0 Å². The molecule has 1 aliphatic rings. The van der Waals surface area contributed by atoms with Gasteiger partial charge in [-0.2, -0.15) is 0 Å². The van der Waals surface area contributed by atoms with E-state index in [1.54, 1.807) is 12.1 Å². The fraction of sp³-hybridized carbons (Fsp3) is 0.625. The van der Waals surface area contributed by atoms with Crippen LogP contribution in [0.15, 0.2) is 24.3 Å². The van der Waals surface area contributed by atoms with E-state index in [0.29, 0.717) is 12.0 Å². The minimum Gasteiger partial charge on any atom is -0.307 e. The van der Waals surface area contributed by atoms with Crippen molar-refractivity contribution in [2.75, 3.05) is 0 Å². The number of rotatable bonds is 3. The van der Waals surface area contributed by atoms with E-state index in [1.807, 2.05) is 6.07 Å². The summed E-state index contributed by atoms with van der Waals surface area (Å²) < 4.78 is 13.2. The smallest absolute Gasteiger partial charge is 0.123 e. The van der Waals surface area contributed by atoms with Gasteiger partial charge in [-0.25, -0.2) is 4.39 Å². The Balaban J connectivity index is 2.00. The van der Waals surface area contributed by atoms with Gasteiger partial charge in [-0.05, 0) is 42.9 Å². The van der Waals surface area contributed by atoms with Crippen LogP contribution >= 0.6 is 0 Å². The number of hydrogen-bond acceptors (Lipinski definition) is 1. The highest BCUT2D eigenvalue weighted by Gasteiger charge is 2.27. The summed E-state index contributed by atoms with van der Waals surface area (Å²) in [5.74, 6) is 1.34. The average molecular weight is 249 g/mol.